The third-order valence-electron chi connectivity index (χ3n) is 3.37. The minimum Gasteiger partial charge on any atom is -0.206 e. The highest BCUT2D eigenvalue weighted by molar-refractivity contribution is 7.98. The van der Waals surface area contributed by atoms with Crippen LogP contribution in [0.5, 0.6) is 0 Å². The summed E-state index contributed by atoms with van der Waals surface area (Å²) in [4.78, 5) is 0.455. The molecule has 20 heavy (non-hydrogen) atoms. The largest absolute Gasteiger partial charge is 0.416 e. The molecule has 104 valence electrons. The fourth-order valence-electron chi connectivity index (χ4n) is 2.44. The molecule has 1 aliphatic rings. The van der Waals surface area contributed by atoms with E-state index in [1.807, 2.05) is 0 Å². The van der Waals surface area contributed by atoms with Gasteiger partial charge in [-0.1, -0.05) is 24.3 Å². The number of hydrogen-bond acceptors (Lipinski definition) is 1. The molecule has 1 heterocycles. The van der Waals surface area contributed by atoms with Crippen molar-refractivity contribution in [1.82, 2.24) is 0 Å². The summed E-state index contributed by atoms with van der Waals surface area (Å²) in [6.07, 6.45) is -4.04. The summed E-state index contributed by atoms with van der Waals surface area (Å²) in [6, 6.07) is 8.88. The maximum Gasteiger partial charge on any atom is 0.416 e. The van der Waals surface area contributed by atoms with E-state index in [0.29, 0.717) is 16.9 Å². The van der Waals surface area contributed by atoms with Gasteiger partial charge in [-0.2, -0.15) is 13.2 Å². The van der Waals surface area contributed by atoms with Crippen molar-refractivity contribution in [2.75, 3.05) is 0 Å². The first-order valence-corrected chi connectivity index (χ1v) is 7.03. The zero-order valence-corrected chi connectivity index (χ0v) is 11.1. The molecule has 0 aliphatic carbocycles. The van der Waals surface area contributed by atoms with E-state index in [9.17, 15) is 17.6 Å². The minimum atomic E-state index is -4.37. The minimum absolute atomic E-state index is 0.138. The maximum atomic E-state index is 13.8. The summed E-state index contributed by atoms with van der Waals surface area (Å²) in [5.41, 5.74) is 1.01. The normalized spacial score (nSPS) is 14.4. The van der Waals surface area contributed by atoms with Crippen molar-refractivity contribution in [3.8, 4) is 0 Å². The standard InChI is InChI=1S/C15H10F4S/c16-13-6-2-4-10-7-9-3-1-5-12(15(17,18)19)11(9)8-20-14(10)13/h1-6H,7-8H2. The van der Waals surface area contributed by atoms with Gasteiger partial charge in [-0.3, -0.25) is 0 Å². The molecule has 0 spiro atoms. The Morgan fingerprint density at radius 1 is 0.950 bits per heavy atom. The molecule has 0 amide bonds. The van der Waals surface area contributed by atoms with Crippen molar-refractivity contribution < 1.29 is 17.6 Å². The van der Waals surface area contributed by atoms with E-state index in [0.717, 1.165) is 23.4 Å². The summed E-state index contributed by atoms with van der Waals surface area (Å²) >= 11 is 1.13. The van der Waals surface area contributed by atoms with Crippen molar-refractivity contribution in [3.63, 3.8) is 0 Å². The SMILES string of the molecule is Fc1cccc2c1SCc1c(cccc1C(F)(F)F)C2. The quantitative estimate of drug-likeness (QED) is 0.614. The summed E-state index contributed by atoms with van der Waals surface area (Å²) in [5, 5.41) is 0. The molecule has 0 atom stereocenters. The Morgan fingerprint density at radius 3 is 2.40 bits per heavy atom. The van der Waals surface area contributed by atoms with Crippen LogP contribution in [-0.4, -0.2) is 0 Å². The zero-order valence-electron chi connectivity index (χ0n) is 10.3. The molecule has 0 bridgehead atoms. The van der Waals surface area contributed by atoms with E-state index in [1.54, 1.807) is 18.2 Å². The maximum absolute atomic E-state index is 13.8. The van der Waals surface area contributed by atoms with Gasteiger partial charge in [0.2, 0.25) is 0 Å². The molecule has 5 heteroatoms. The van der Waals surface area contributed by atoms with Gasteiger partial charge in [0.1, 0.15) is 5.82 Å². The number of alkyl halides is 3. The monoisotopic (exact) mass is 298 g/mol. The van der Waals surface area contributed by atoms with E-state index >= 15 is 0 Å². The summed E-state index contributed by atoms with van der Waals surface area (Å²) in [5.74, 6) is -0.229. The summed E-state index contributed by atoms with van der Waals surface area (Å²) < 4.78 is 52.9. The van der Waals surface area contributed by atoms with Gasteiger partial charge >= 0.3 is 6.18 Å². The Balaban J connectivity index is 2.12. The van der Waals surface area contributed by atoms with Crippen LogP contribution in [0.1, 0.15) is 22.3 Å². The van der Waals surface area contributed by atoms with Crippen LogP contribution in [0.2, 0.25) is 0 Å². The van der Waals surface area contributed by atoms with Gasteiger partial charge in [-0.05, 0) is 35.2 Å². The van der Waals surface area contributed by atoms with Crippen LogP contribution in [-0.2, 0) is 18.3 Å². The number of hydrogen-bond donors (Lipinski definition) is 0. The highest BCUT2D eigenvalue weighted by Gasteiger charge is 2.34. The van der Waals surface area contributed by atoms with Crippen molar-refractivity contribution in [2.45, 2.75) is 23.2 Å². The van der Waals surface area contributed by atoms with Crippen LogP contribution < -0.4 is 0 Å². The van der Waals surface area contributed by atoms with Gasteiger partial charge in [-0.15, -0.1) is 11.8 Å². The topological polar surface area (TPSA) is 0 Å². The van der Waals surface area contributed by atoms with Crippen LogP contribution in [0.4, 0.5) is 17.6 Å². The van der Waals surface area contributed by atoms with Crippen LogP contribution in [0, 0.1) is 5.82 Å². The molecule has 2 aromatic rings. The third-order valence-corrected chi connectivity index (χ3v) is 4.55. The van der Waals surface area contributed by atoms with E-state index < -0.39 is 11.7 Å². The number of halogens is 4. The number of benzene rings is 2. The molecule has 0 aromatic heterocycles. The second-order valence-corrected chi connectivity index (χ2v) is 5.62. The molecule has 0 N–H and O–H groups in total. The van der Waals surface area contributed by atoms with Crippen molar-refractivity contribution in [1.29, 1.82) is 0 Å². The van der Waals surface area contributed by atoms with Gasteiger partial charge in [0.05, 0.1) is 5.56 Å². The molecule has 1 aliphatic heterocycles. The van der Waals surface area contributed by atoms with Crippen molar-refractivity contribution in [3.05, 3.63) is 64.5 Å². The van der Waals surface area contributed by atoms with E-state index in [2.05, 4.69) is 0 Å². The molecule has 0 radical (unpaired) electrons. The Morgan fingerprint density at radius 2 is 1.65 bits per heavy atom. The van der Waals surface area contributed by atoms with Crippen molar-refractivity contribution >= 4 is 11.8 Å². The molecular weight excluding hydrogens is 288 g/mol. The van der Waals surface area contributed by atoms with Crippen LogP contribution >= 0.6 is 11.8 Å². The second-order valence-electron chi connectivity index (χ2n) is 4.63. The zero-order chi connectivity index (χ0) is 14.3. The smallest absolute Gasteiger partial charge is 0.206 e. The average Bonchev–Trinajstić information content (AvgIpc) is 2.56. The first-order chi connectivity index (χ1) is 9.47. The first-order valence-electron chi connectivity index (χ1n) is 6.05. The predicted octanol–water partition coefficient (Wildman–Crippen LogP) is 5.04. The van der Waals surface area contributed by atoms with Gasteiger partial charge in [0.25, 0.3) is 0 Å². The number of fused-ring (bicyclic) bond motifs is 2. The molecule has 0 nitrogen and oxygen atoms in total. The van der Waals surface area contributed by atoms with Gasteiger partial charge in [0, 0.05) is 10.6 Å². The molecule has 2 aromatic carbocycles. The highest BCUT2D eigenvalue weighted by Crippen LogP contribution is 2.41. The van der Waals surface area contributed by atoms with E-state index in [-0.39, 0.29) is 17.1 Å². The molecule has 0 saturated carbocycles. The lowest BCUT2D eigenvalue weighted by Crippen LogP contribution is -2.10. The van der Waals surface area contributed by atoms with Gasteiger partial charge in [0.15, 0.2) is 0 Å². The molecule has 0 saturated heterocycles. The fourth-order valence-corrected chi connectivity index (χ4v) is 3.60. The molecule has 0 unspecified atom stereocenters. The van der Waals surface area contributed by atoms with Crippen LogP contribution in [0.3, 0.4) is 0 Å². The highest BCUT2D eigenvalue weighted by atomic mass is 32.2. The van der Waals surface area contributed by atoms with Crippen LogP contribution in [0.15, 0.2) is 41.3 Å². The van der Waals surface area contributed by atoms with Gasteiger partial charge < -0.3 is 0 Å². The number of rotatable bonds is 0. The molecular formula is C15H10F4S. The van der Waals surface area contributed by atoms with Crippen LogP contribution in [0.25, 0.3) is 0 Å². The first kappa shape index (κ1) is 13.5. The Kier molecular flexibility index (Phi) is 3.24. The number of thioether (sulfide) groups is 1. The summed E-state index contributed by atoms with van der Waals surface area (Å²) in [6.45, 7) is 0. The van der Waals surface area contributed by atoms with E-state index in [1.165, 1.54) is 12.1 Å². The van der Waals surface area contributed by atoms with Crippen molar-refractivity contribution in [2.24, 2.45) is 0 Å². The lowest BCUT2D eigenvalue weighted by molar-refractivity contribution is -0.138. The lowest BCUT2D eigenvalue weighted by atomic mass is 9.96. The molecule has 0 fully saturated rings. The summed E-state index contributed by atoms with van der Waals surface area (Å²) in [7, 11) is 0. The fraction of sp³-hybridized carbons (Fsp3) is 0.200. The predicted molar refractivity (Wildman–Crippen MR) is 70.2 cm³/mol. The third kappa shape index (κ3) is 2.30. The Hall–Kier alpha value is -1.49. The van der Waals surface area contributed by atoms with Gasteiger partial charge in [-0.25, -0.2) is 4.39 Å². The second kappa shape index (κ2) is 4.81. The average molecular weight is 298 g/mol. The Bertz CT molecular complexity index is 661. The van der Waals surface area contributed by atoms with E-state index in [4.69, 9.17) is 0 Å². The Labute approximate surface area is 117 Å². The molecule has 3 rings (SSSR count). The lowest BCUT2D eigenvalue weighted by Gasteiger charge is -2.14.